The maximum Gasteiger partial charge on any atom is 0.291 e. The zero-order chi connectivity index (χ0) is 22.1. The largest absolute Gasteiger partial charge is 0.496 e. The van der Waals surface area contributed by atoms with Crippen molar-refractivity contribution in [1.82, 2.24) is 10.6 Å². The van der Waals surface area contributed by atoms with Crippen molar-refractivity contribution >= 4 is 41.5 Å². The molecule has 0 radical (unpaired) electrons. The molecule has 3 rings (SSSR count). The van der Waals surface area contributed by atoms with Gasteiger partial charge in [-0.1, -0.05) is 29.8 Å². The van der Waals surface area contributed by atoms with E-state index in [9.17, 15) is 4.79 Å². The molecule has 1 aromatic heterocycles. The van der Waals surface area contributed by atoms with Crippen molar-refractivity contribution in [2.24, 2.45) is 4.99 Å². The number of benzene rings is 2. The minimum atomic E-state index is -0.272. The molecule has 0 unspecified atom stereocenters. The Morgan fingerprint density at radius 3 is 2.53 bits per heavy atom. The summed E-state index contributed by atoms with van der Waals surface area (Å²) < 4.78 is 10.5. The minimum absolute atomic E-state index is 0. The van der Waals surface area contributed by atoms with Crippen LogP contribution in [0.2, 0.25) is 0 Å². The third kappa shape index (κ3) is 7.30. The van der Waals surface area contributed by atoms with Crippen molar-refractivity contribution in [3.8, 4) is 5.75 Å². The molecule has 0 saturated heterocycles. The van der Waals surface area contributed by atoms with Gasteiger partial charge in [0.15, 0.2) is 11.7 Å². The summed E-state index contributed by atoms with van der Waals surface area (Å²) in [5, 5.41) is 9.43. The number of methoxy groups -OCH3 is 1. The molecule has 0 aliphatic heterocycles. The molecule has 1 amide bonds. The van der Waals surface area contributed by atoms with Crippen LogP contribution >= 0.6 is 24.0 Å². The molecule has 8 heteroatoms. The molecule has 0 bridgehead atoms. The van der Waals surface area contributed by atoms with E-state index in [1.165, 1.54) is 11.8 Å². The summed E-state index contributed by atoms with van der Waals surface area (Å²) >= 11 is 0. The number of furan rings is 1. The smallest absolute Gasteiger partial charge is 0.291 e. The van der Waals surface area contributed by atoms with Crippen LogP contribution < -0.4 is 20.7 Å². The molecule has 0 atom stereocenters. The number of nitrogens with one attached hydrogen (secondary N) is 3. The first-order valence-corrected chi connectivity index (χ1v) is 10.1. The van der Waals surface area contributed by atoms with Gasteiger partial charge in [0.2, 0.25) is 0 Å². The SMILES string of the molecule is CN=C(NCCc1cc(C)ccc1OC)NCc1ccc(NC(=O)c2ccco2)cc1.I. The highest BCUT2D eigenvalue weighted by Gasteiger charge is 2.08. The predicted octanol–water partition coefficient (Wildman–Crippen LogP) is 4.37. The van der Waals surface area contributed by atoms with Crippen molar-refractivity contribution in [2.45, 2.75) is 19.9 Å². The van der Waals surface area contributed by atoms with Crippen LogP contribution in [0.15, 0.2) is 70.3 Å². The molecule has 0 saturated carbocycles. The quantitative estimate of drug-likeness (QED) is 0.221. The Hall–Kier alpha value is -3.01. The Balaban J connectivity index is 0.00000363. The van der Waals surface area contributed by atoms with Crippen LogP contribution in [0, 0.1) is 6.92 Å². The second-order valence-corrected chi connectivity index (χ2v) is 7.05. The van der Waals surface area contributed by atoms with Crippen LogP contribution in [-0.4, -0.2) is 32.6 Å². The Labute approximate surface area is 205 Å². The summed E-state index contributed by atoms with van der Waals surface area (Å²) in [4.78, 5) is 16.3. The molecule has 3 N–H and O–H groups in total. The van der Waals surface area contributed by atoms with Crippen LogP contribution in [0.1, 0.15) is 27.2 Å². The predicted molar refractivity (Wildman–Crippen MR) is 138 cm³/mol. The molecular formula is C24H29IN4O3. The molecule has 1 heterocycles. The van der Waals surface area contributed by atoms with E-state index < -0.39 is 0 Å². The van der Waals surface area contributed by atoms with Gasteiger partial charge in [0.1, 0.15) is 5.75 Å². The maximum absolute atomic E-state index is 12.0. The number of aryl methyl sites for hydroxylation is 1. The van der Waals surface area contributed by atoms with Gasteiger partial charge in [-0.15, -0.1) is 24.0 Å². The summed E-state index contributed by atoms with van der Waals surface area (Å²) in [5.41, 5.74) is 4.15. The molecule has 2 aromatic carbocycles. The van der Waals surface area contributed by atoms with Crippen LogP contribution in [0.3, 0.4) is 0 Å². The normalized spacial score (nSPS) is 10.8. The number of carbonyl (C=O) groups excluding carboxylic acids is 1. The van der Waals surface area contributed by atoms with E-state index in [0.29, 0.717) is 12.2 Å². The number of amides is 1. The van der Waals surface area contributed by atoms with Gasteiger partial charge in [-0.05, 0) is 54.8 Å². The van der Waals surface area contributed by atoms with Gasteiger partial charge in [-0.3, -0.25) is 9.79 Å². The number of aliphatic imine (C=N–C) groups is 1. The van der Waals surface area contributed by atoms with E-state index in [1.807, 2.05) is 36.4 Å². The fourth-order valence-corrected chi connectivity index (χ4v) is 3.13. The van der Waals surface area contributed by atoms with Crippen LogP contribution in [0.4, 0.5) is 5.69 Å². The standard InChI is InChI=1S/C24H28N4O3.HI/c1-17-6-11-21(30-3)19(15-17)12-13-26-24(25-2)27-16-18-7-9-20(10-8-18)28-23(29)22-5-4-14-31-22;/h4-11,14-15H,12-13,16H2,1-3H3,(H,28,29)(H2,25,26,27);1H. The van der Waals surface area contributed by atoms with E-state index in [4.69, 9.17) is 9.15 Å². The van der Waals surface area contributed by atoms with Crippen molar-refractivity contribution in [3.63, 3.8) is 0 Å². The highest BCUT2D eigenvalue weighted by atomic mass is 127. The van der Waals surface area contributed by atoms with Gasteiger partial charge < -0.3 is 25.1 Å². The van der Waals surface area contributed by atoms with E-state index in [0.717, 1.165) is 35.8 Å². The fraction of sp³-hybridized carbons (Fsp3) is 0.250. The van der Waals surface area contributed by atoms with Crippen LogP contribution in [0.5, 0.6) is 5.75 Å². The highest BCUT2D eigenvalue weighted by molar-refractivity contribution is 14.0. The topological polar surface area (TPSA) is 87.9 Å². The average Bonchev–Trinajstić information content (AvgIpc) is 3.32. The summed E-state index contributed by atoms with van der Waals surface area (Å²) in [6.07, 6.45) is 2.30. The number of ether oxygens (including phenoxy) is 1. The van der Waals surface area contributed by atoms with Crippen molar-refractivity contribution < 1.29 is 13.9 Å². The molecule has 32 heavy (non-hydrogen) atoms. The molecule has 0 fully saturated rings. The first kappa shape index (κ1) is 25.3. The summed E-state index contributed by atoms with van der Waals surface area (Å²) in [7, 11) is 3.44. The van der Waals surface area contributed by atoms with E-state index in [1.54, 1.807) is 26.3 Å². The molecule has 170 valence electrons. The number of hydrogen-bond acceptors (Lipinski definition) is 4. The first-order valence-electron chi connectivity index (χ1n) is 10.1. The second-order valence-electron chi connectivity index (χ2n) is 7.05. The summed E-state index contributed by atoms with van der Waals surface area (Å²) in [6, 6.07) is 17.1. The lowest BCUT2D eigenvalue weighted by atomic mass is 10.1. The van der Waals surface area contributed by atoms with Crippen molar-refractivity contribution in [3.05, 3.63) is 83.3 Å². The molecule has 0 aliphatic carbocycles. The number of hydrogen-bond donors (Lipinski definition) is 3. The molecule has 0 aliphatic rings. The fourth-order valence-electron chi connectivity index (χ4n) is 3.13. The van der Waals surface area contributed by atoms with Gasteiger partial charge in [-0.25, -0.2) is 0 Å². The Morgan fingerprint density at radius 1 is 1.09 bits per heavy atom. The first-order chi connectivity index (χ1) is 15.1. The Bertz CT molecular complexity index is 1020. The lowest BCUT2D eigenvalue weighted by molar-refractivity contribution is 0.0996. The van der Waals surface area contributed by atoms with E-state index in [2.05, 4.69) is 33.9 Å². The molecular weight excluding hydrogens is 519 g/mol. The zero-order valence-corrected chi connectivity index (χ0v) is 20.8. The molecule has 3 aromatic rings. The number of halogens is 1. The highest BCUT2D eigenvalue weighted by Crippen LogP contribution is 2.19. The number of rotatable bonds is 8. The van der Waals surface area contributed by atoms with Crippen LogP contribution in [0.25, 0.3) is 0 Å². The number of guanidine groups is 1. The van der Waals surface area contributed by atoms with Gasteiger partial charge in [-0.2, -0.15) is 0 Å². The van der Waals surface area contributed by atoms with Crippen molar-refractivity contribution in [2.75, 3.05) is 26.0 Å². The van der Waals surface area contributed by atoms with Gasteiger partial charge in [0.25, 0.3) is 5.91 Å². The number of anilines is 1. The van der Waals surface area contributed by atoms with Gasteiger partial charge in [0, 0.05) is 25.8 Å². The summed E-state index contributed by atoms with van der Waals surface area (Å²) in [6.45, 7) is 3.42. The van der Waals surface area contributed by atoms with Gasteiger partial charge in [0.05, 0.1) is 13.4 Å². The van der Waals surface area contributed by atoms with Gasteiger partial charge >= 0.3 is 0 Å². The summed E-state index contributed by atoms with van der Waals surface area (Å²) in [5.74, 6) is 1.63. The Morgan fingerprint density at radius 2 is 1.88 bits per heavy atom. The zero-order valence-electron chi connectivity index (χ0n) is 18.5. The van der Waals surface area contributed by atoms with Crippen molar-refractivity contribution in [1.29, 1.82) is 0 Å². The monoisotopic (exact) mass is 548 g/mol. The Kier molecular flexibility index (Phi) is 10.1. The average molecular weight is 548 g/mol. The van der Waals surface area contributed by atoms with E-state index >= 15 is 0 Å². The molecule has 0 spiro atoms. The maximum atomic E-state index is 12.0. The molecule has 7 nitrogen and oxygen atoms in total. The lowest BCUT2D eigenvalue weighted by Crippen LogP contribution is -2.37. The number of carbonyl (C=O) groups is 1. The second kappa shape index (κ2) is 12.7. The van der Waals surface area contributed by atoms with Crippen LogP contribution in [-0.2, 0) is 13.0 Å². The third-order valence-corrected chi connectivity index (χ3v) is 4.76. The minimum Gasteiger partial charge on any atom is -0.496 e. The number of nitrogens with zero attached hydrogens (tertiary/aromatic N) is 1. The lowest BCUT2D eigenvalue weighted by Gasteiger charge is -2.14. The third-order valence-electron chi connectivity index (χ3n) is 4.76. The van der Waals surface area contributed by atoms with E-state index in [-0.39, 0.29) is 35.6 Å².